The highest BCUT2D eigenvalue weighted by molar-refractivity contribution is 7.95. The Morgan fingerprint density at radius 2 is 1.68 bits per heavy atom. The number of nitrogens with one attached hydrogen (secondary N) is 1. The molecule has 1 N–H and O–H groups in total. The Balaban J connectivity index is 2.48. The minimum Gasteiger partial charge on any atom is -0.465 e. The van der Waals surface area contributed by atoms with E-state index in [1.807, 2.05) is 0 Å². The second kappa shape index (κ2) is 8.83. The zero-order valence-corrected chi connectivity index (χ0v) is 15.8. The minimum atomic E-state index is -4.06. The predicted molar refractivity (Wildman–Crippen MR) is 100 cm³/mol. The molecule has 0 saturated heterocycles. The number of esters is 2. The van der Waals surface area contributed by atoms with Crippen molar-refractivity contribution in [2.24, 2.45) is 0 Å². The van der Waals surface area contributed by atoms with E-state index in [-0.39, 0.29) is 21.7 Å². The molecule has 2 aromatic carbocycles. The fourth-order valence-corrected chi connectivity index (χ4v) is 3.34. The fraction of sp³-hybridized carbons (Fsp3) is 0.105. The van der Waals surface area contributed by atoms with E-state index < -0.39 is 26.7 Å². The Kier molecular flexibility index (Phi) is 6.52. The topological polar surface area (TPSA) is 123 Å². The van der Waals surface area contributed by atoms with Crippen LogP contribution in [0.15, 0.2) is 64.5 Å². The number of nitrogens with zero attached hydrogens (tertiary/aromatic N) is 1. The Bertz CT molecular complexity index is 1070. The molecule has 2 aromatic rings. The highest BCUT2D eigenvalue weighted by atomic mass is 32.2. The monoisotopic (exact) mass is 400 g/mol. The molecule has 0 aliphatic heterocycles. The number of ether oxygens (including phenoxy) is 2. The Labute approximate surface area is 161 Å². The van der Waals surface area contributed by atoms with E-state index in [1.54, 1.807) is 12.1 Å². The first-order valence-corrected chi connectivity index (χ1v) is 9.31. The molecule has 0 heterocycles. The van der Waals surface area contributed by atoms with Crippen molar-refractivity contribution in [3.63, 3.8) is 0 Å². The summed E-state index contributed by atoms with van der Waals surface area (Å²) in [5.41, 5.74) is 0.238. The minimum absolute atomic E-state index is 0.0424. The average Bonchev–Trinajstić information content (AvgIpc) is 2.73. The van der Waals surface area contributed by atoms with Gasteiger partial charge in [0.25, 0.3) is 0 Å². The van der Waals surface area contributed by atoms with Crippen LogP contribution in [0.25, 0.3) is 0 Å². The summed E-state index contributed by atoms with van der Waals surface area (Å²) >= 11 is 0. The van der Waals surface area contributed by atoms with Gasteiger partial charge in [-0.1, -0.05) is 18.2 Å². The Morgan fingerprint density at radius 1 is 1.04 bits per heavy atom. The van der Waals surface area contributed by atoms with Crippen LogP contribution >= 0.6 is 0 Å². The Morgan fingerprint density at radius 3 is 2.25 bits per heavy atom. The molecule has 9 heteroatoms. The summed E-state index contributed by atoms with van der Waals surface area (Å²) in [7, 11) is -1.69. The lowest BCUT2D eigenvalue weighted by Gasteiger charge is -2.10. The molecule has 8 nitrogen and oxygen atoms in total. The first-order chi connectivity index (χ1) is 13.3. The van der Waals surface area contributed by atoms with Crippen LogP contribution in [-0.2, 0) is 19.3 Å². The number of allylic oxidation sites excluding steroid dienone is 1. The van der Waals surface area contributed by atoms with Crippen LogP contribution < -0.4 is 5.32 Å². The number of methoxy groups -OCH3 is 2. The molecule has 2 rings (SSSR count). The van der Waals surface area contributed by atoms with Gasteiger partial charge in [0.15, 0.2) is 4.91 Å². The van der Waals surface area contributed by atoms with Crippen molar-refractivity contribution in [3.05, 3.63) is 70.8 Å². The first kappa shape index (κ1) is 20.7. The van der Waals surface area contributed by atoms with Crippen LogP contribution in [0.3, 0.4) is 0 Å². The lowest BCUT2D eigenvalue weighted by molar-refractivity contribution is 0.0587. The first-order valence-electron chi connectivity index (χ1n) is 7.82. The summed E-state index contributed by atoms with van der Waals surface area (Å²) in [6.07, 6.45) is 0.950. The van der Waals surface area contributed by atoms with Gasteiger partial charge in [0.05, 0.1) is 35.9 Å². The van der Waals surface area contributed by atoms with E-state index in [0.717, 1.165) is 6.20 Å². The second-order valence-corrected chi connectivity index (χ2v) is 7.24. The zero-order chi connectivity index (χ0) is 20.7. The molecule has 0 aliphatic rings. The third-order valence-corrected chi connectivity index (χ3v) is 5.34. The summed E-state index contributed by atoms with van der Waals surface area (Å²) in [5.74, 6) is -1.36. The quantitative estimate of drug-likeness (QED) is 0.580. The average molecular weight is 400 g/mol. The standard InChI is InChI=1S/C19H16N2O6S/c1-26-18(22)13-8-9-16(19(23)27-2)17(10-13)21-12-15(11-20)28(24,25)14-6-4-3-5-7-14/h3-10,12,21H,1-2H3/b15-12+. The number of hydrogen-bond donors (Lipinski definition) is 1. The van der Waals surface area contributed by atoms with E-state index in [9.17, 15) is 23.3 Å². The predicted octanol–water partition coefficient (Wildman–Crippen LogP) is 2.51. The van der Waals surface area contributed by atoms with Crippen LogP contribution in [0.4, 0.5) is 5.69 Å². The smallest absolute Gasteiger partial charge is 0.339 e. The van der Waals surface area contributed by atoms with Gasteiger partial charge in [-0.3, -0.25) is 0 Å². The second-order valence-electron chi connectivity index (χ2n) is 5.32. The van der Waals surface area contributed by atoms with Crippen molar-refractivity contribution < 1.29 is 27.5 Å². The number of nitriles is 1. The Hall–Kier alpha value is -3.64. The van der Waals surface area contributed by atoms with Gasteiger partial charge in [-0.15, -0.1) is 0 Å². The molecule has 28 heavy (non-hydrogen) atoms. The molecule has 0 amide bonds. The molecule has 0 radical (unpaired) electrons. The summed E-state index contributed by atoms with van der Waals surface area (Å²) in [6.45, 7) is 0. The van der Waals surface area contributed by atoms with Crippen LogP contribution in [0.1, 0.15) is 20.7 Å². The molecule has 144 valence electrons. The van der Waals surface area contributed by atoms with Crippen LogP contribution in [0.2, 0.25) is 0 Å². The highest BCUT2D eigenvalue weighted by Crippen LogP contribution is 2.22. The number of sulfone groups is 1. The lowest BCUT2D eigenvalue weighted by Crippen LogP contribution is -2.10. The van der Waals surface area contributed by atoms with Crippen molar-refractivity contribution in [1.82, 2.24) is 0 Å². The van der Waals surface area contributed by atoms with Gasteiger partial charge >= 0.3 is 11.9 Å². The van der Waals surface area contributed by atoms with Crippen molar-refractivity contribution in [2.75, 3.05) is 19.5 Å². The van der Waals surface area contributed by atoms with Crippen LogP contribution in [0, 0.1) is 11.3 Å². The van der Waals surface area contributed by atoms with Gasteiger partial charge in [-0.05, 0) is 30.3 Å². The van der Waals surface area contributed by atoms with Gasteiger partial charge < -0.3 is 14.8 Å². The summed E-state index contributed by atoms with van der Waals surface area (Å²) < 4.78 is 34.5. The summed E-state index contributed by atoms with van der Waals surface area (Å²) in [6, 6.07) is 13.0. The number of rotatable bonds is 6. The van der Waals surface area contributed by atoms with E-state index in [1.165, 1.54) is 56.7 Å². The van der Waals surface area contributed by atoms with Gasteiger partial charge in [0, 0.05) is 6.20 Å². The lowest BCUT2D eigenvalue weighted by atomic mass is 10.1. The summed E-state index contributed by atoms with van der Waals surface area (Å²) in [4.78, 5) is 23.0. The largest absolute Gasteiger partial charge is 0.465 e. The number of hydrogen-bond acceptors (Lipinski definition) is 8. The third-order valence-electron chi connectivity index (χ3n) is 3.66. The molecule has 0 spiro atoms. The molecule has 0 unspecified atom stereocenters. The van der Waals surface area contributed by atoms with E-state index in [4.69, 9.17) is 0 Å². The molecular weight excluding hydrogens is 384 g/mol. The maximum Gasteiger partial charge on any atom is 0.339 e. The molecule has 0 fully saturated rings. The molecular formula is C19H16N2O6S. The molecule has 0 aliphatic carbocycles. The van der Waals surface area contributed by atoms with Crippen molar-refractivity contribution in [3.8, 4) is 6.07 Å². The van der Waals surface area contributed by atoms with Crippen molar-refractivity contribution in [1.29, 1.82) is 5.26 Å². The van der Waals surface area contributed by atoms with Gasteiger partial charge in [-0.25, -0.2) is 18.0 Å². The maximum absolute atomic E-state index is 12.6. The zero-order valence-electron chi connectivity index (χ0n) is 15.0. The summed E-state index contributed by atoms with van der Waals surface area (Å²) in [5, 5.41) is 11.9. The SMILES string of the molecule is COC(=O)c1ccc(C(=O)OC)c(N/C=C(\C#N)S(=O)(=O)c2ccccc2)c1. The van der Waals surface area contributed by atoms with Crippen molar-refractivity contribution in [2.45, 2.75) is 4.90 Å². The van der Waals surface area contributed by atoms with Gasteiger partial charge in [0.1, 0.15) is 6.07 Å². The number of carbonyl (C=O) groups is 2. The number of carbonyl (C=O) groups excluding carboxylic acids is 2. The van der Waals surface area contributed by atoms with E-state index >= 15 is 0 Å². The number of anilines is 1. The highest BCUT2D eigenvalue weighted by Gasteiger charge is 2.21. The molecule has 0 atom stereocenters. The number of benzene rings is 2. The molecule has 0 aromatic heterocycles. The van der Waals surface area contributed by atoms with Gasteiger partial charge in [-0.2, -0.15) is 5.26 Å². The van der Waals surface area contributed by atoms with Crippen LogP contribution in [-0.4, -0.2) is 34.6 Å². The molecule has 0 saturated carbocycles. The van der Waals surface area contributed by atoms with Gasteiger partial charge in [0.2, 0.25) is 9.84 Å². The normalized spacial score (nSPS) is 11.2. The van der Waals surface area contributed by atoms with Crippen molar-refractivity contribution >= 4 is 27.5 Å². The van der Waals surface area contributed by atoms with Crippen LogP contribution in [0.5, 0.6) is 0 Å². The maximum atomic E-state index is 12.6. The fourth-order valence-electron chi connectivity index (χ4n) is 2.24. The third kappa shape index (κ3) is 4.36. The van der Waals surface area contributed by atoms with E-state index in [2.05, 4.69) is 14.8 Å². The molecule has 0 bridgehead atoms. The van der Waals surface area contributed by atoms with E-state index in [0.29, 0.717) is 0 Å².